The molecule has 1 saturated carbocycles. The number of nitrogens with one attached hydrogen (secondary N) is 1. The zero-order valence-corrected chi connectivity index (χ0v) is 15.5. The third-order valence-corrected chi connectivity index (χ3v) is 5.68. The smallest absolute Gasteiger partial charge is 0.244 e. The molecule has 2 aromatic rings. The first-order valence-electron chi connectivity index (χ1n) is 9.49. The van der Waals surface area contributed by atoms with Crippen LogP contribution in [-0.2, 0) is 4.79 Å². The van der Waals surface area contributed by atoms with E-state index in [0.29, 0.717) is 0 Å². The van der Waals surface area contributed by atoms with Crippen LogP contribution in [0.1, 0.15) is 12.0 Å². The minimum atomic E-state index is -0.0392. The lowest BCUT2D eigenvalue weighted by Gasteiger charge is -2.22. The molecule has 1 amide bonds. The Morgan fingerprint density at radius 2 is 2.15 bits per heavy atom. The predicted molar refractivity (Wildman–Crippen MR) is 107 cm³/mol. The van der Waals surface area contributed by atoms with Gasteiger partial charge >= 0.3 is 0 Å². The minimum Gasteiger partial charge on any atom is -0.497 e. The number of anilines is 1. The van der Waals surface area contributed by atoms with Crippen LogP contribution in [0.5, 0.6) is 5.75 Å². The topological polar surface area (TPSA) is 54.5 Å². The molecule has 2 aliphatic rings. The molecule has 1 unspecified atom stereocenters. The average Bonchev–Trinajstić information content (AvgIpc) is 3.15. The van der Waals surface area contributed by atoms with Crippen LogP contribution in [0.2, 0.25) is 0 Å². The Labute approximate surface area is 160 Å². The molecule has 2 heterocycles. The van der Waals surface area contributed by atoms with Crippen LogP contribution >= 0.6 is 0 Å². The quantitative estimate of drug-likeness (QED) is 0.769. The summed E-state index contributed by atoms with van der Waals surface area (Å²) in [5.41, 5.74) is 2.18. The molecule has 1 N–H and O–H groups in total. The van der Waals surface area contributed by atoms with Gasteiger partial charge in [0.2, 0.25) is 5.91 Å². The highest BCUT2D eigenvalue weighted by Crippen LogP contribution is 2.54. The van der Waals surface area contributed by atoms with E-state index < -0.39 is 0 Å². The summed E-state index contributed by atoms with van der Waals surface area (Å²) in [6.07, 6.45) is 7.89. The number of fused-ring (bicyclic) bond motifs is 1. The molecule has 3 atom stereocenters. The second-order valence-corrected chi connectivity index (χ2v) is 7.30. The normalized spacial score (nSPS) is 23.3. The summed E-state index contributed by atoms with van der Waals surface area (Å²) in [5.74, 6) is 3.14. The van der Waals surface area contributed by atoms with Crippen LogP contribution in [0.4, 0.5) is 5.69 Å². The van der Waals surface area contributed by atoms with E-state index in [4.69, 9.17) is 4.74 Å². The number of rotatable bonds is 7. The Balaban J connectivity index is 1.18. The van der Waals surface area contributed by atoms with E-state index >= 15 is 0 Å². The first-order chi connectivity index (χ1) is 13.2. The van der Waals surface area contributed by atoms with Crippen molar-refractivity contribution in [3.05, 3.63) is 60.4 Å². The van der Waals surface area contributed by atoms with Crippen LogP contribution in [0, 0.1) is 17.8 Å². The van der Waals surface area contributed by atoms with Gasteiger partial charge in [-0.25, -0.2) is 0 Å². The van der Waals surface area contributed by atoms with Gasteiger partial charge in [0.05, 0.1) is 7.11 Å². The third kappa shape index (κ3) is 4.13. The highest BCUT2D eigenvalue weighted by molar-refractivity contribution is 5.91. The molecule has 4 rings (SSSR count). The number of hydrogen-bond donors (Lipinski definition) is 1. The van der Waals surface area contributed by atoms with E-state index in [1.165, 1.54) is 5.69 Å². The van der Waals surface area contributed by atoms with Gasteiger partial charge in [-0.2, -0.15) is 0 Å². The lowest BCUT2D eigenvalue weighted by Crippen LogP contribution is -2.26. The molecular weight excluding hydrogens is 338 g/mol. The second kappa shape index (κ2) is 7.82. The first-order valence-corrected chi connectivity index (χ1v) is 9.49. The number of nitrogens with zero attached hydrogens (tertiary/aromatic N) is 2. The molecule has 1 saturated heterocycles. The van der Waals surface area contributed by atoms with E-state index in [-0.39, 0.29) is 5.91 Å². The molecule has 1 aliphatic heterocycles. The van der Waals surface area contributed by atoms with E-state index in [0.717, 1.165) is 55.1 Å². The number of aromatic nitrogens is 1. The molecule has 140 valence electrons. The number of amides is 1. The number of pyridine rings is 1. The number of methoxy groups -OCH3 is 1. The van der Waals surface area contributed by atoms with Crippen LogP contribution in [-0.4, -0.2) is 37.6 Å². The van der Waals surface area contributed by atoms with Gasteiger partial charge in [-0.1, -0.05) is 12.1 Å². The maximum absolute atomic E-state index is 11.9. The summed E-state index contributed by atoms with van der Waals surface area (Å²) in [4.78, 5) is 18.4. The van der Waals surface area contributed by atoms with Crippen LogP contribution in [0.15, 0.2) is 54.9 Å². The molecule has 2 fully saturated rings. The van der Waals surface area contributed by atoms with Crippen molar-refractivity contribution in [2.75, 3.05) is 31.6 Å². The minimum absolute atomic E-state index is 0.0392. The number of piperidine rings is 1. The highest BCUT2D eigenvalue weighted by Gasteiger charge is 2.54. The lowest BCUT2D eigenvalue weighted by atomic mass is 10.1. The van der Waals surface area contributed by atoms with Gasteiger partial charge < -0.3 is 15.0 Å². The zero-order chi connectivity index (χ0) is 18.6. The Hall–Kier alpha value is -2.82. The molecule has 5 nitrogen and oxygen atoms in total. The standard InChI is InChI=1S/C22H25N3O2/c1-27-18-6-2-5-17(12-18)25-14-20-19(21(20)15-25)9-11-24-22(26)8-7-16-4-3-10-23-13-16/h2-8,10,12-13,19-21H,9,11,14-15H2,1H3,(H,24,26)/b8-7+/t19?,20-,21+. The summed E-state index contributed by atoms with van der Waals surface area (Å²) in [6.45, 7) is 2.96. The van der Waals surface area contributed by atoms with E-state index in [2.05, 4.69) is 27.3 Å². The third-order valence-electron chi connectivity index (χ3n) is 5.68. The monoisotopic (exact) mass is 363 g/mol. The Bertz CT molecular complexity index is 809. The van der Waals surface area contributed by atoms with Crippen molar-refractivity contribution in [1.29, 1.82) is 0 Å². The van der Waals surface area contributed by atoms with Crippen molar-refractivity contribution in [2.45, 2.75) is 6.42 Å². The van der Waals surface area contributed by atoms with Crippen LogP contribution in [0.25, 0.3) is 6.08 Å². The molecule has 0 spiro atoms. The number of carbonyl (C=O) groups excluding carboxylic acids is 1. The molecule has 0 bridgehead atoms. The fourth-order valence-corrected chi connectivity index (χ4v) is 4.16. The maximum atomic E-state index is 11.9. The van der Waals surface area contributed by atoms with E-state index in [1.54, 1.807) is 31.7 Å². The van der Waals surface area contributed by atoms with Gasteiger partial charge in [0.1, 0.15) is 5.75 Å². The Kier molecular flexibility index (Phi) is 5.10. The van der Waals surface area contributed by atoms with Crippen molar-refractivity contribution < 1.29 is 9.53 Å². The summed E-state index contributed by atoms with van der Waals surface area (Å²) in [6, 6.07) is 12.1. The summed E-state index contributed by atoms with van der Waals surface area (Å²) in [7, 11) is 1.71. The second-order valence-electron chi connectivity index (χ2n) is 7.30. The van der Waals surface area contributed by atoms with E-state index in [9.17, 15) is 4.79 Å². The van der Waals surface area contributed by atoms with Gasteiger partial charge in [0.15, 0.2) is 0 Å². The summed E-state index contributed by atoms with van der Waals surface area (Å²) < 4.78 is 5.32. The van der Waals surface area contributed by atoms with Gasteiger partial charge in [-0.15, -0.1) is 0 Å². The van der Waals surface area contributed by atoms with Crippen molar-refractivity contribution in [1.82, 2.24) is 10.3 Å². The van der Waals surface area contributed by atoms with Crippen molar-refractivity contribution in [2.24, 2.45) is 17.8 Å². The largest absolute Gasteiger partial charge is 0.497 e. The fourth-order valence-electron chi connectivity index (χ4n) is 4.16. The highest BCUT2D eigenvalue weighted by atomic mass is 16.5. The fraction of sp³-hybridized carbons (Fsp3) is 0.364. The SMILES string of the molecule is COc1cccc(N2C[C@@H]3C(CCNC(=O)/C=C/c4cccnc4)[C@@H]3C2)c1. The van der Waals surface area contributed by atoms with Gasteiger partial charge in [0, 0.05) is 49.9 Å². The molecule has 1 aromatic carbocycles. The molecule has 27 heavy (non-hydrogen) atoms. The number of ether oxygens (including phenoxy) is 1. The van der Waals surface area contributed by atoms with E-state index in [1.807, 2.05) is 24.3 Å². The van der Waals surface area contributed by atoms with Crippen LogP contribution in [0.3, 0.4) is 0 Å². The Morgan fingerprint density at radius 1 is 1.30 bits per heavy atom. The molecule has 5 heteroatoms. The summed E-state index contributed by atoms with van der Waals surface area (Å²) in [5, 5.41) is 3.00. The maximum Gasteiger partial charge on any atom is 0.244 e. The van der Waals surface area contributed by atoms with Crippen LogP contribution < -0.4 is 15.0 Å². The predicted octanol–water partition coefficient (Wildman–Crippen LogP) is 2.99. The van der Waals surface area contributed by atoms with Gasteiger partial charge in [-0.3, -0.25) is 9.78 Å². The molecule has 1 aromatic heterocycles. The lowest BCUT2D eigenvalue weighted by molar-refractivity contribution is -0.116. The zero-order valence-electron chi connectivity index (χ0n) is 15.5. The number of benzene rings is 1. The number of hydrogen-bond acceptors (Lipinski definition) is 4. The van der Waals surface area contributed by atoms with Crippen molar-refractivity contribution >= 4 is 17.7 Å². The summed E-state index contributed by atoms with van der Waals surface area (Å²) >= 11 is 0. The molecular formula is C22H25N3O2. The van der Waals surface area contributed by atoms with Crippen molar-refractivity contribution in [3.63, 3.8) is 0 Å². The molecule has 1 aliphatic carbocycles. The Morgan fingerprint density at radius 3 is 2.89 bits per heavy atom. The number of carbonyl (C=O) groups is 1. The van der Waals surface area contributed by atoms with Crippen molar-refractivity contribution in [3.8, 4) is 5.75 Å². The van der Waals surface area contributed by atoms with Gasteiger partial charge in [0.25, 0.3) is 0 Å². The average molecular weight is 363 g/mol. The molecule has 0 radical (unpaired) electrons. The van der Waals surface area contributed by atoms with Gasteiger partial charge in [-0.05, 0) is 54.0 Å². The first kappa shape index (κ1) is 17.6.